The maximum Gasteiger partial charge on any atom is 0.269 e. The van der Waals surface area contributed by atoms with Gasteiger partial charge in [-0.3, -0.25) is 30.3 Å². The lowest BCUT2D eigenvalue weighted by molar-refractivity contribution is -0.384. The minimum atomic E-state index is -0.550. The van der Waals surface area contributed by atoms with E-state index in [0.29, 0.717) is 12.1 Å². The summed E-state index contributed by atoms with van der Waals surface area (Å²) in [5, 5.41) is 16.5. The highest BCUT2D eigenvalue weighted by Gasteiger charge is 2.26. The van der Waals surface area contributed by atoms with Crippen molar-refractivity contribution < 1.29 is 14.5 Å². The molecule has 0 saturated carbocycles. The Labute approximate surface area is 170 Å². The van der Waals surface area contributed by atoms with Gasteiger partial charge in [-0.1, -0.05) is 30.3 Å². The van der Waals surface area contributed by atoms with Gasteiger partial charge < -0.3 is 4.57 Å². The summed E-state index contributed by atoms with van der Waals surface area (Å²) in [6.07, 6.45) is 3.37. The number of rotatable bonds is 4. The van der Waals surface area contributed by atoms with Crippen molar-refractivity contribution >= 4 is 51.8 Å². The number of nitro groups is 1. The van der Waals surface area contributed by atoms with Crippen LogP contribution in [0.3, 0.4) is 0 Å². The minimum absolute atomic E-state index is 0.0160. The lowest BCUT2D eigenvalue weighted by atomic mass is 10.1. The van der Waals surface area contributed by atoms with Crippen molar-refractivity contribution in [2.24, 2.45) is 0 Å². The molecular formula is C20H14N4O4S. The molecule has 1 aliphatic rings. The molecule has 2 heterocycles. The Hall–Kier alpha value is -3.85. The number of carbonyl (C=O) groups is 2. The molecule has 0 unspecified atom stereocenters. The second kappa shape index (κ2) is 7.28. The molecule has 3 aromatic rings. The van der Waals surface area contributed by atoms with Gasteiger partial charge in [0.2, 0.25) is 0 Å². The van der Waals surface area contributed by atoms with E-state index in [1.165, 1.54) is 18.2 Å². The van der Waals surface area contributed by atoms with Crippen LogP contribution in [0, 0.1) is 10.1 Å². The van der Waals surface area contributed by atoms with E-state index >= 15 is 0 Å². The van der Waals surface area contributed by atoms with E-state index in [1.807, 2.05) is 35.0 Å². The first-order valence-corrected chi connectivity index (χ1v) is 9.03. The summed E-state index contributed by atoms with van der Waals surface area (Å²) in [4.78, 5) is 34.7. The number of para-hydroxylation sites is 1. The quantitative estimate of drug-likeness (QED) is 0.228. The van der Waals surface area contributed by atoms with Crippen LogP contribution in [0.25, 0.3) is 17.0 Å². The number of non-ortho nitro benzene ring substituents is 1. The summed E-state index contributed by atoms with van der Waals surface area (Å²) in [7, 11) is 0. The number of benzene rings is 2. The highest BCUT2D eigenvalue weighted by Crippen LogP contribution is 2.25. The van der Waals surface area contributed by atoms with Gasteiger partial charge in [-0.25, -0.2) is 0 Å². The van der Waals surface area contributed by atoms with Crippen LogP contribution >= 0.6 is 12.2 Å². The maximum absolute atomic E-state index is 12.2. The number of nitro benzene ring substituents is 1. The van der Waals surface area contributed by atoms with Gasteiger partial charge >= 0.3 is 0 Å². The van der Waals surface area contributed by atoms with Crippen LogP contribution in [0.1, 0.15) is 11.1 Å². The van der Waals surface area contributed by atoms with Crippen molar-refractivity contribution in [3.63, 3.8) is 0 Å². The molecule has 2 amide bonds. The highest BCUT2D eigenvalue weighted by molar-refractivity contribution is 7.80. The van der Waals surface area contributed by atoms with E-state index in [0.717, 1.165) is 16.5 Å². The van der Waals surface area contributed by atoms with Crippen LogP contribution in [-0.2, 0) is 16.1 Å². The summed E-state index contributed by atoms with van der Waals surface area (Å²) in [5.74, 6) is -1.10. The van der Waals surface area contributed by atoms with E-state index in [9.17, 15) is 19.7 Å². The first-order chi connectivity index (χ1) is 13.9. The molecule has 0 aliphatic carbocycles. The number of carbonyl (C=O) groups excluding carboxylic acids is 2. The number of amides is 2. The molecule has 2 aromatic carbocycles. The Kier molecular flexibility index (Phi) is 4.65. The molecule has 1 saturated heterocycles. The van der Waals surface area contributed by atoms with E-state index in [1.54, 1.807) is 12.1 Å². The normalized spacial score (nSPS) is 13.9. The highest BCUT2D eigenvalue weighted by atomic mass is 32.1. The Bertz CT molecular complexity index is 1190. The predicted molar refractivity (Wildman–Crippen MR) is 111 cm³/mol. The van der Waals surface area contributed by atoms with Crippen LogP contribution in [0.4, 0.5) is 5.69 Å². The third kappa shape index (κ3) is 3.63. The average molecular weight is 406 g/mol. The molecule has 1 fully saturated rings. The molecule has 29 heavy (non-hydrogen) atoms. The number of thiocarbonyl (C=S) groups is 1. The molecule has 4 rings (SSSR count). The average Bonchev–Trinajstić information content (AvgIpc) is 3.02. The van der Waals surface area contributed by atoms with Crippen molar-refractivity contribution in [3.8, 4) is 0 Å². The number of hydrogen-bond acceptors (Lipinski definition) is 5. The summed E-state index contributed by atoms with van der Waals surface area (Å²) in [6.45, 7) is 0.476. The van der Waals surface area contributed by atoms with E-state index < -0.39 is 16.7 Å². The predicted octanol–water partition coefficient (Wildman–Crippen LogP) is 2.51. The monoisotopic (exact) mass is 406 g/mol. The second-order valence-corrected chi connectivity index (χ2v) is 6.86. The van der Waals surface area contributed by atoms with Gasteiger partial charge in [0.05, 0.1) is 4.92 Å². The summed E-state index contributed by atoms with van der Waals surface area (Å²) < 4.78 is 1.96. The van der Waals surface area contributed by atoms with Gasteiger partial charge in [0.15, 0.2) is 5.11 Å². The van der Waals surface area contributed by atoms with Crippen LogP contribution < -0.4 is 10.6 Å². The molecule has 1 aliphatic heterocycles. The maximum atomic E-state index is 12.2. The van der Waals surface area contributed by atoms with Crippen LogP contribution in [0.2, 0.25) is 0 Å². The summed E-state index contributed by atoms with van der Waals surface area (Å²) in [6, 6.07) is 13.9. The van der Waals surface area contributed by atoms with Gasteiger partial charge in [0.25, 0.3) is 17.5 Å². The largest absolute Gasteiger partial charge is 0.342 e. The van der Waals surface area contributed by atoms with Crippen molar-refractivity contribution in [1.29, 1.82) is 0 Å². The van der Waals surface area contributed by atoms with E-state index in [4.69, 9.17) is 12.2 Å². The molecule has 0 spiro atoms. The Morgan fingerprint density at radius 3 is 2.34 bits per heavy atom. The second-order valence-electron chi connectivity index (χ2n) is 6.45. The summed E-state index contributed by atoms with van der Waals surface area (Å²) in [5.41, 5.74) is 2.50. The lowest BCUT2D eigenvalue weighted by Crippen LogP contribution is -2.51. The molecule has 2 N–H and O–H groups in total. The van der Waals surface area contributed by atoms with E-state index in [-0.39, 0.29) is 16.4 Å². The molecule has 1 aromatic heterocycles. The first-order valence-electron chi connectivity index (χ1n) is 8.62. The fourth-order valence-electron chi connectivity index (χ4n) is 3.20. The number of nitrogens with zero attached hydrogens (tertiary/aromatic N) is 2. The molecule has 0 bridgehead atoms. The lowest BCUT2D eigenvalue weighted by Gasteiger charge is -2.16. The first kappa shape index (κ1) is 18.5. The minimum Gasteiger partial charge on any atom is -0.342 e. The molecule has 0 radical (unpaired) electrons. The SMILES string of the molecule is O=C1NC(=S)NC(=O)C1=Cc1cn(Cc2ccc([N+](=O)[O-])cc2)c2ccccc12. The third-order valence-electron chi connectivity index (χ3n) is 4.56. The zero-order valence-electron chi connectivity index (χ0n) is 14.9. The van der Waals surface area contributed by atoms with Crippen LogP contribution in [-0.4, -0.2) is 26.4 Å². The van der Waals surface area contributed by atoms with Crippen LogP contribution in [0.5, 0.6) is 0 Å². The molecule has 8 nitrogen and oxygen atoms in total. The van der Waals surface area contributed by atoms with Gasteiger partial charge in [-0.15, -0.1) is 0 Å². The Morgan fingerprint density at radius 2 is 1.69 bits per heavy atom. The molecule has 144 valence electrons. The zero-order chi connectivity index (χ0) is 20.5. The standard InChI is InChI=1S/C20H14N4O4S/c25-18-16(19(26)22-20(29)21-18)9-13-11-23(17-4-2-1-3-15(13)17)10-12-5-7-14(8-6-12)24(27)28/h1-9,11H,10H2,(H2,21,22,25,26,29). The third-order valence-corrected chi connectivity index (χ3v) is 4.77. The van der Waals surface area contributed by atoms with Gasteiger partial charge in [-0.05, 0) is 29.9 Å². The van der Waals surface area contributed by atoms with Crippen molar-refractivity contribution in [2.75, 3.05) is 0 Å². The van der Waals surface area contributed by atoms with Crippen LogP contribution in [0.15, 0.2) is 60.3 Å². The Balaban J connectivity index is 1.73. The van der Waals surface area contributed by atoms with Gasteiger partial charge in [0, 0.05) is 41.3 Å². The van der Waals surface area contributed by atoms with Gasteiger partial charge in [0.1, 0.15) is 5.57 Å². The summed E-state index contributed by atoms with van der Waals surface area (Å²) >= 11 is 4.82. The fourth-order valence-corrected chi connectivity index (χ4v) is 3.39. The van der Waals surface area contributed by atoms with E-state index in [2.05, 4.69) is 10.6 Å². The number of nitrogens with one attached hydrogen (secondary N) is 2. The molecule has 0 atom stereocenters. The van der Waals surface area contributed by atoms with Gasteiger partial charge in [-0.2, -0.15) is 0 Å². The molecular weight excluding hydrogens is 392 g/mol. The van der Waals surface area contributed by atoms with Crippen molar-refractivity contribution in [1.82, 2.24) is 15.2 Å². The zero-order valence-corrected chi connectivity index (χ0v) is 15.7. The topological polar surface area (TPSA) is 106 Å². The number of hydrogen-bond donors (Lipinski definition) is 2. The van der Waals surface area contributed by atoms with Crippen molar-refractivity contribution in [2.45, 2.75) is 6.54 Å². The fraction of sp³-hybridized carbons (Fsp3) is 0.0500. The smallest absolute Gasteiger partial charge is 0.269 e. The number of fused-ring (bicyclic) bond motifs is 1. The van der Waals surface area contributed by atoms with Crippen molar-refractivity contribution in [3.05, 3.63) is 81.5 Å². The molecule has 9 heteroatoms. The number of aromatic nitrogens is 1. The Morgan fingerprint density at radius 1 is 1.03 bits per heavy atom.